The zero-order valence-electron chi connectivity index (χ0n) is 15.8. The van der Waals surface area contributed by atoms with E-state index < -0.39 is 17.7 Å². The zero-order chi connectivity index (χ0) is 20.1. The van der Waals surface area contributed by atoms with Crippen molar-refractivity contribution in [2.24, 2.45) is 0 Å². The van der Waals surface area contributed by atoms with Gasteiger partial charge in [-0.15, -0.1) is 6.58 Å². The normalized spacial score (nSPS) is 18.3. The van der Waals surface area contributed by atoms with Gasteiger partial charge < -0.3 is 14.7 Å². The van der Waals surface area contributed by atoms with Gasteiger partial charge >= 0.3 is 0 Å². The topological polar surface area (TPSA) is 66.8 Å². The van der Waals surface area contributed by atoms with Crippen molar-refractivity contribution in [1.82, 2.24) is 4.90 Å². The van der Waals surface area contributed by atoms with Gasteiger partial charge in [-0.05, 0) is 36.2 Å². The van der Waals surface area contributed by atoms with E-state index in [1.165, 1.54) is 4.90 Å². The number of ether oxygens (including phenoxy) is 1. The molecule has 144 valence electrons. The number of rotatable bonds is 7. The van der Waals surface area contributed by atoms with Crippen molar-refractivity contribution in [2.45, 2.75) is 19.4 Å². The summed E-state index contributed by atoms with van der Waals surface area (Å²) in [6.45, 7) is 6.51. The third kappa shape index (κ3) is 3.69. The Kier molecular flexibility index (Phi) is 5.94. The van der Waals surface area contributed by atoms with Crippen molar-refractivity contribution in [2.75, 3.05) is 13.2 Å². The van der Waals surface area contributed by atoms with Crippen LogP contribution in [0, 0.1) is 0 Å². The summed E-state index contributed by atoms with van der Waals surface area (Å²) in [4.78, 5) is 26.7. The van der Waals surface area contributed by atoms with Gasteiger partial charge in [-0.3, -0.25) is 9.59 Å². The van der Waals surface area contributed by atoms with Gasteiger partial charge in [0.2, 0.25) is 0 Å². The molecular weight excluding hydrogens is 354 g/mol. The van der Waals surface area contributed by atoms with E-state index in [9.17, 15) is 14.7 Å². The first-order valence-corrected chi connectivity index (χ1v) is 9.26. The van der Waals surface area contributed by atoms with Crippen LogP contribution in [-0.4, -0.2) is 34.8 Å². The molecule has 0 spiro atoms. The van der Waals surface area contributed by atoms with Crippen LogP contribution in [0.2, 0.25) is 0 Å². The van der Waals surface area contributed by atoms with Crippen LogP contribution in [0.4, 0.5) is 0 Å². The lowest BCUT2D eigenvalue weighted by Gasteiger charge is -2.24. The van der Waals surface area contributed by atoms with Gasteiger partial charge in [0.1, 0.15) is 11.5 Å². The molecule has 1 aliphatic heterocycles. The number of carbonyl (C=O) groups excluding carboxylic acids is 2. The van der Waals surface area contributed by atoms with E-state index in [1.807, 2.05) is 37.3 Å². The maximum absolute atomic E-state index is 12.7. The predicted octanol–water partition coefficient (Wildman–Crippen LogP) is 4.08. The van der Waals surface area contributed by atoms with E-state index in [0.29, 0.717) is 17.9 Å². The minimum Gasteiger partial charge on any atom is -0.507 e. The first-order valence-electron chi connectivity index (χ1n) is 9.26. The summed E-state index contributed by atoms with van der Waals surface area (Å²) in [5, 5.41) is 10.9. The van der Waals surface area contributed by atoms with Gasteiger partial charge in [0.25, 0.3) is 11.7 Å². The maximum Gasteiger partial charge on any atom is 0.295 e. The van der Waals surface area contributed by atoms with Crippen LogP contribution in [0.25, 0.3) is 5.76 Å². The van der Waals surface area contributed by atoms with Crippen molar-refractivity contribution >= 4 is 17.4 Å². The highest BCUT2D eigenvalue weighted by atomic mass is 16.5. The van der Waals surface area contributed by atoms with E-state index in [1.54, 1.807) is 30.3 Å². The molecule has 28 heavy (non-hydrogen) atoms. The molecule has 3 rings (SSSR count). The summed E-state index contributed by atoms with van der Waals surface area (Å²) < 4.78 is 5.55. The molecule has 2 aromatic carbocycles. The second-order valence-corrected chi connectivity index (χ2v) is 6.52. The smallest absolute Gasteiger partial charge is 0.295 e. The second-order valence-electron chi connectivity index (χ2n) is 6.52. The second kappa shape index (κ2) is 8.57. The summed E-state index contributed by atoms with van der Waals surface area (Å²) in [7, 11) is 0. The molecule has 1 amide bonds. The number of ketones is 1. The van der Waals surface area contributed by atoms with Crippen molar-refractivity contribution in [3.05, 3.63) is 84.0 Å². The minimum atomic E-state index is -0.695. The molecule has 1 saturated heterocycles. The zero-order valence-corrected chi connectivity index (χ0v) is 15.8. The quantitative estimate of drug-likeness (QED) is 0.342. The molecule has 1 N–H and O–H groups in total. The van der Waals surface area contributed by atoms with E-state index in [2.05, 4.69) is 6.58 Å². The molecule has 1 heterocycles. The van der Waals surface area contributed by atoms with Crippen LogP contribution in [0.1, 0.15) is 30.5 Å². The number of nitrogens with zero attached hydrogens (tertiary/aromatic N) is 1. The number of carbonyl (C=O) groups is 2. The summed E-state index contributed by atoms with van der Waals surface area (Å²) in [6, 6.07) is 15.4. The molecule has 0 aromatic heterocycles. The lowest BCUT2D eigenvalue weighted by atomic mass is 9.95. The number of hydrogen-bond donors (Lipinski definition) is 1. The van der Waals surface area contributed by atoms with Crippen LogP contribution in [0.5, 0.6) is 5.75 Å². The molecular formula is C23H23NO4. The molecule has 5 heteroatoms. The monoisotopic (exact) mass is 377 g/mol. The summed E-state index contributed by atoms with van der Waals surface area (Å²) in [5.41, 5.74) is 1.30. The third-order valence-electron chi connectivity index (χ3n) is 4.58. The number of hydrogen-bond acceptors (Lipinski definition) is 4. The van der Waals surface area contributed by atoms with E-state index >= 15 is 0 Å². The molecule has 1 unspecified atom stereocenters. The fourth-order valence-electron chi connectivity index (χ4n) is 3.27. The number of likely N-dealkylation sites (tertiary alicyclic amines) is 1. The van der Waals surface area contributed by atoms with Crippen LogP contribution in [0.3, 0.4) is 0 Å². The summed E-state index contributed by atoms with van der Waals surface area (Å²) in [6.07, 6.45) is 2.46. The largest absolute Gasteiger partial charge is 0.507 e. The van der Waals surface area contributed by atoms with Gasteiger partial charge in [-0.25, -0.2) is 0 Å². The Bertz CT molecular complexity index is 900. The molecule has 0 aliphatic carbocycles. The van der Waals surface area contributed by atoms with Gasteiger partial charge in [-0.2, -0.15) is 0 Å². The van der Waals surface area contributed by atoms with Gasteiger partial charge in [-0.1, -0.05) is 43.3 Å². The van der Waals surface area contributed by atoms with Gasteiger partial charge in [0.05, 0.1) is 18.2 Å². The SMILES string of the molecule is C=CCN1C(=O)C(=O)/C(=C(/O)c2ccc(OCCC)cc2)C1c1ccccc1. The van der Waals surface area contributed by atoms with Gasteiger partial charge in [0, 0.05) is 12.1 Å². The highest BCUT2D eigenvalue weighted by molar-refractivity contribution is 6.46. The Morgan fingerprint density at radius 3 is 2.43 bits per heavy atom. The van der Waals surface area contributed by atoms with E-state index in [4.69, 9.17) is 4.74 Å². The average Bonchev–Trinajstić information content (AvgIpc) is 2.98. The highest BCUT2D eigenvalue weighted by Gasteiger charge is 2.45. The third-order valence-corrected chi connectivity index (χ3v) is 4.58. The fourth-order valence-corrected chi connectivity index (χ4v) is 3.27. The standard InChI is InChI=1S/C23H23NO4/c1-3-14-24-20(16-8-6-5-7-9-16)19(22(26)23(24)27)21(25)17-10-12-18(13-11-17)28-15-4-2/h3,5-13,20,25H,1,4,14-15H2,2H3/b21-19+. The highest BCUT2D eigenvalue weighted by Crippen LogP contribution is 2.39. The minimum absolute atomic E-state index is 0.0836. The number of aliphatic hydroxyl groups is 1. The summed E-state index contributed by atoms with van der Waals surface area (Å²) >= 11 is 0. The predicted molar refractivity (Wildman–Crippen MR) is 108 cm³/mol. The van der Waals surface area contributed by atoms with Crippen LogP contribution < -0.4 is 4.74 Å². The molecule has 0 radical (unpaired) electrons. The molecule has 0 saturated carbocycles. The van der Waals surface area contributed by atoms with Crippen LogP contribution >= 0.6 is 0 Å². The molecule has 5 nitrogen and oxygen atoms in total. The molecule has 2 aromatic rings. The Hall–Kier alpha value is -3.34. The Morgan fingerprint density at radius 1 is 1.14 bits per heavy atom. The first kappa shape index (κ1) is 19.4. The lowest BCUT2D eigenvalue weighted by Crippen LogP contribution is -2.29. The van der Waals surface area contributed by atoms with Crippen molar-refractivity contribution < 1.29 is 19.4 Å². The number of benzene rings is 2. The number of aliphatic hydroxyl groups excluding tert-OH is 1. The molecule has 1 atom stereocenters. The van der Waals surface area contributed by atoms with Crippen LogP contribution in [0.15, 0.2) is 72.8 Å². The van der Waals surface area contributed by atoms with E-state index in [0.717, 1.165) is 12.0 Å². The lowest BCUT2D eigenvalue weighted by molar-refractivity contribution is -0.139. The van der Waals surface area contributed by atoms with Gasteiger partial charge in [0.15, 0.2) is 0 Å². The van der Waals surface area contributed by atoms with Crippen LogP contribution in [-0.2, 0) is 9.59 Å². The molecule has 1 fully saturated rings. The van der Waals surface area contributed by atoms with Crippen molar-refractivity contribution in [1.29, 1.82) is 0 Å². The number of Topliss-reactive ketones (excluding diaryl/α,β-unsaturated/α-hetero) is 1. The average molecular weight is 377 g/mol. The maximum atomic E-state index is 12.7. The summed E-state index contributed by atoms with van der Waals surface area (Å²) in [5.74, 6) is -0.844. The number of amides is 1. The fraction of sp³-hybridized carbons (Fsp3) is 0.217. The van der Waals surface area contributed by atoms with E-state index in [-0.39, 0.29) is 17.9 Å². The Labute approximate surface area is 164 Å². The Morgan fingerprint density at radius 2 is 1.82 bits per heavy atom. The molecule has 0 bridgehead atoms. The van der Waals surface area contributed by atoms with Crippen molar-refractivity contribution in [3.63, 3.8) is 0 Å². The van der Waals surface area contributed by atoms with Crippen molar-refractivity contribution in [3.8, 4) is 5.75 Å². The Balaban J connectivity index is 2.06. The first-order chi connectivity index (χ1) is 13.6. The molecule has 1 aliphatic rings.